The number of alkyl halides is 3. The molecule has 120 valence electrons. The Morgan fingerprint density at radius 2 is 1.95 bits per heavy atom. The van der Waals surface area contributed by atoms with Crippen LogP contribution in [0.25, 0.3) is 0 Å². The third kappa shape index (κ3) is 7.19. The van der Waals surface area contributed by atoms with Crippen LogP contribution >= 0.6 is 0 Å². The van der Waals surface area contributed by atoms with Crippen molar-refractivity contribution in [1.82, 2.24) is 5.32 Å². The number of rotatable bonds is 9. The molecule has 4 nitrogen and oxygen atoms in total. The molecule has 0 saturated carbocycles. The largest absolute Gasteiger partial charge is 0.493 e. The highest BCUT2D eigenvalue weighted by atomic mass is 19.4. The lowest BCUT2D eigenvalue weighted by Gasteiger charge is -2.12. The number of halogens is 3. The summed E-state index contributed by atoms with van der Waals surface area (Å²) in [6.07, 6.45) is -4.28. The number of methoxy groups -OCH3 is 1. The molecule has 0 aliphatic carbocycles. The molecule has 1 aromatic carbocycles. The fourth-order valence-corrected chi connectivity index (χ4v) is 1.66. The van der Waals surface area contributed by atoms with E-state index in [1.807, 2.05) is 19.1 Å². The van der Waals surface area contributed by atoms with Gasteiger partial charge in [-0.05, 0) is 24.6 Å². The zero-order valence-corrected chi connectivity index (χ0v) is 12.1. The molecule has 7 heteroatoms. The molecule has 0 saturated heterocycles. The molecule has 0 fully saturated rings. The minimum Gasteiger partial charge on any atom is -0.493 e. The highest BCUT2D eigenvalue weighted by Crippen LogP contribution is 2.27. The molecule has 0 heterocycles. The molecule has 0 aliphatic rings. The monoisotopic (exact) mass is 307 g/mol. The predicted molar refractivity (Wildman–Crippen MR) is 72.7 cm³/mol. The van der Waals surface area contributed by atoms with Gasteiger partial charge in [-0.15, -0.1) is 0 Å². The van der Waals surface area contributed by atoms with Gasteiger partial charge in [-0.1, -0.05) is 6.07 Å². The van der Waals surface area contributed by atoms with Gasteiger partial charge in [-0.3, -0.25) is 0 Å². The predicted octanol–water partition coefficient (Wildman–Crippen LogP) is 2.76. The Morgan fingerprint density at radius 3 is 2.57 bits per heavy atom. The number of benzene rings is 1. The van der Waals surface area contributed by atoms with Crippen LogP contribution in [-0.4, -0.2) is 39.7 Å². The fraction of sp³-hybridized carbons (Fsp3) is 0.571. The SMILES string of the molecule is CCOc1ccc(CNCCOCC(F)(F)F)cc1OC. The quantitative estimate of drug-likeness (QED) is 0.712. The number of nitrogens with one attached hydrogen (secondary N) is 1. The maximum Gasteiger partial charge on any atom is 0.411 e. The first-order valence-corrected chi connectivity index (χ1v) is 6.61. The molecule has 21 heavy (non-hydrogen) atoms. The summed E-state index contributed by atoms with van der Waals surface area (Å²) < 4.78 is 50.6. The van der Waals surface area contributed by atoms with E-state index in [0.717, 1.165) is 5.56 Å². The summed E-state index contributed by atoms with van der Waals surface area (Å²) in [5.74, 6) is 1.29. The molecular formula is C14H20F3NO3. The molecule has 0 aromatic heterocycles. The average molecular weight is 307 g/mol. The molecule has 1 N–H and O–H groups in total. The second-order valence-corrected chi connectivity index (χ2v) is 4.26. The van der Waals surface area contributed by atoms with Gasteiger partial charge in [-0.2, -0.15) is 13.2 Å². The van der Waals surface area contributed by atoms with E-state index >= 15 is 0 Å². The van der Waals surface area contributed by atoms with Gasteiger partial charge in [0.25, 0.3) is 0 Å². The van der Waals surface area contributed by atoms with E-state index < -0.39 is 12.8 Å². The lowest BCUT2D eigenvalue weighted by Crippen LogP contribution is -2.23. The molecule has 1 rings (SSSR count). The standard InChI is InChI=1S/C14H20F3NO3/c1-3-21-12-5-4-11(8-13(12)19-2)9-18-6-7-20-10-14(15,16)17/h4-5,8,18H,3,6-7,9-10H2,1-2H3. The van der Waals surface area contributed by atoms with Crippen LogP contribution in [0, 0.1) is 0 Å². The first-order chi connectivity index (χ1) is 9.96. The normalized spacial score (nSPS) is 11.5. The Balaban J connectivity index is 2.32. The smallest absolute Gasteiger partial charge is 0.411 e. The Morgan fingerprint density at radius 1 is 1.19 bits per heavy atom. The Hall–Kier alpha value is -1.47. The van der Waals surface area contributed by atoms with Gasteiger partial charge in [0.2, 0.25) is 0 Å². The fourth-order valence-electron chi connectivity index (χ4n) is 1.66. The average Bonchev–Trinajstić information content (AvgIpc) is 2.43. The summed E-state index contributed by atoms with van der Waals surface area (Å²) in [6, 6.07) is 5.51. The van der Waals surface area contributed by atoms with E-state index in [4.69, 9.17) is 9.47 Å². The third-order valence-electron chi connectivity index (χ3n) is 2.55. The number of hydrogen-bond acceptors (Lipinski definition) is 4. The zero-order chi connectivity index (χ0) is 15.7. The van der Waals surface area contributed by atoms with Crippen molar-refractivity contribution < 1.29 is 27.4 Å². The van der Waals surface area contributed by atoms with Crippen LogP contribution in [0.15, 0.2) is 18.2 Å². The number of hydrogen-bond donors (Lipinski definition) is 1. The molecule has 0 unspecified atom stereocenters. The van der Waals surface area contributed by atoms with Gasteiger partial charge in [0.15, 0.2) is 11.5 Å². The van der Waals surface area contributed by atoms with E-state index in [1.54, 1.807) is 13.2 Å². The van der Waals surface area contributed by atoms with Crippen molar-refractivity contribution in [2.45, 2.75) is 19.6 Å². The van der Waals surface area contributed by atoms with E-state index in [9.17, 15) is 13.2 Å². The van der Waals surface area contributed by atoms with E-state index in [0.29, 0.717) is 31.2 Å². The van der Waals surface area contributed by atoms with E-state index in [1.165, 1.54) is 0 Å². The molecule has 0 atom stereocenters. The van der Waals surface area contributed by atoms with Gasteiger partial charge in [0.05, 0.1) is 20.3 Å². The molecule has 0 bridgehead atoms. The van der Waals surface area contributed by atoms with Crippen LogP contribution in [0.4, 0.5) is 13.2 Å². The maximum absolute atomic E-state index is 11.8. The van der Waals surface area contributed by atoms with E-state index in [2.05, 4.69) is 10.1 Å². The third-order valence-corrected chi connectivity index (χ3v) is 2.55. The molecule has 0 radical (unpaired) electrons. The summed E-state index contributed by atoms with van der Waals surface area (Å²) in [5, 5.41) is 3.00. The topological polar surface area (TPSA) is 39.7 Å². The van der Waals surface area contributed by atoms with Gasteiger partial charge in [0.1, 0.15) is 6.61 Å². The minimum absolute atomic E-state index is 0.00761. The molecule has 0 amide bonds. The Bertz CT molecular complexity index is 424. The van der Waals surface area contributed by atoms with Crippen molar-refractivity contribution in [3.05, 3.63) is 23.8 Å². The molecular weight excluding hydrogens is 287 g/mol. The summed E-state index contributed by atoms with van der Waals surface area (Å²) in [6.45, 7) is 2.07. The lowest BCUT2D eigenvalue weighted by molar-refractivity contribution is -0.173. The summed E-state index contributed by atoms with van der Waals surface area (Å²) in [7, 11) is 1.56. The van der Waals surface area contributed by atoms with Crippen molar-refractivity contribution in [3.8, 4) is 11.5 Å². The molecule has 0 aliphatic heterocycles. The first-order valence-electron chi connectivity index (χ1n) is 6.61. The highest BCUT2D eigenvalue weighted by Gasteiger charge is 2.27. The summed E-state index contributed by atoms with van der Waals surface area (Å²) >= 11 is 0. The van der Waals surface area contributed by atoms with Gasteiger partial charge in [0, 0.05) is 13.1 Å². The first kappa shape index (κ1) is 17.6. The van der Waals surface area contributed by atoms with Crippen molar-refractivity contribution in [1.29, 1.82) is 0 Å². The molecule has 0 spiro atoms. The Kier molecular flexibility index (Phi) is 7.31. The van der Waals surface area contributed by atoms with Crippen molar-refractivity contribution >= 4 is 0 Å². The highest BCUT2D eigenvalue weighted by molar-refractivity contribution is 5.42. The summed E-state index contributed by atoms with van der Waals surface area (Å²) in [4.78, 5) is 0. The lowest BCUT2D eigenvalue weighted by atomic mass is 10.2. The van der Waals surface area contributed by atoms with Crippen LogP contribution in [0.3, 0.4) is 0 Å². The van der Waals surface area contributed by atoms with Gasteiger partial charge < -0.3 is 19.5 Å². The van der Waals surface area contributed by atoms with Crippen LogP contribution in [0.1, 0.15) is 12.5 Å². The maximum atomic E-state index is 11.8. The second-order valence-electron chi connectivity index (χ2n) is 4.26. The van der Waals surface area contributed by atoms with Crippen molar-refractivity contribution in [2.75, 3.05) is 33.5 Å². The van der Waals surface area contributed by atoms with Gasteiger partial charge in [-0.25, -0.2) is 0 Å². The minimum atomic E-state index is -4.28. The van der Waals surface area contributed by atoms with Crippen LogP contribution in [0.2, 0.25) is 0 Å². The zero-order valence-electron chi connectivity index (χ0n) is 12.1. The second kappa shape index (κ2) is 8.74. The van der Waals surface area contributed by atoms with Crippen LogP contribution < -0.4 is 14.8 Å². The van der Waals surface area contributed by atoms with E-state index in [-0.39, 0.29) is 6.61 Å². The molecule has 1 aromatic rings. The van der Waals surface area contributed by atoms with Gasteiger partial charge >= 0.3 is 6.18 Å². The van der Waals surface area contributed by atoms with Crippen molar-refractivity contribution in [3.63, 3.8) is 0 Å². The van der Waals surface area contributed by atoms with Crippen LogP contribution in [0.5, 0.6) is 11.5 Å². The number of ether oxygens (including phenoxy) is 3. The van der Waals surface area contributed by atoms with Crippen molar-refractivity contribution in [2.24, 2.45) is 0 Å². The summed E-state index contributed by atoms with van der Waals surface area (Å²) in [5.41, 5.74) is 0.950. The Labute approximate surface area is 122 Å². The van der Waals surface area contributed by atoms with Crippen LogP contribution in [-0.2, 0) is 11.3 Å².